The molecule has 136 valence electrons. The highest BCUT2D eigenvalue weighted by molar-refractivity contribution is 9.10. The lowest BCUT2D eigenvalue weighted by Crippen LogP contribution is -2.24. The largest absolute Gasteiger partial charge is 0.291 e. The summed E-state index contributed by atoms with van der Waals surface area (Å²) in [6, 6.07) is 4.75. The fourth-order valence-electron chi connectivity index (χ4n) is 2.25. The first-order chi connectivity index (χ1) is 12.3. The van der Waals surface area contributed by atoms with E-state index in [4.69, 9.17) is 23.2 Å². The van der Waals surface area contributed by atoms with Crippen LogP contribution in [0.4, 0.5) is 5.95 Å². The number of carbonyl (C=O) groups excluding carboxylic acids is 1. The highest BCUT2D eigenvalue weighted by atomic mass is 79.9. The topological polar surface area (TPSA) is 77.6 Å². The molecule has 0 radical (unpaired) electrons. The number of halogens is 3. The molecule has 0 aliphatic heterocycles. The minimum absolute atomic E-state index is 0.217. The Balaban J connectivity index is 1.67. The summed E-state index contributed by atoms with van der Waals surface area (Å²) in [6.45, 7) is 4.02. The van der Waals surface area contributed by atoms with Crippen molar-refractivity contribution in [3.05, 3.63) is 56.5 Å². The van der Waals surface area contributed by atoms with Gasteiger partial charge in [-0.05, 0) is 47.5 Å². The molecule has 3 aromatic rings. The number of hydrogen-bond donors (Lipinski definition) is 1. The Morgan fingerprint density at radius 3 is 2.77 bits per heavy atom. The maximum Gasteiger partial charge on any atom is 0.251 e. The van der Waals surface area contributed by atoms with Crippen molar-refractivity contribution >= 4 is 51.0 Å². The van der Waals surface area contributed by atoms with E-state index in [1.807, 2.05) is 13.0 Å². The molecule has 26 heavy (non-hydrogen) atoms. The molecule has 0 bridgehead atoms. The predicted molar refractivity (Wildman–Crippen MR) is 104 cm³/mol. The molecule has 0 fully saturated rings. The summed E-state index contributed by atoms with van der Waals surface area (Å²) in [5.74, 6) is -0.0443. The van der Waals surface area contributed by atoms with E-state index in [1.165, 1.54) is 6.33 Å². The molecule has 0 saturated carbocycles. The van der Waals surface area contributed by atoms with Gasteiger partial charge in [-0.15, -0.1) is 5.10 Å². The third-order valence-electron chi connectivity index (χ3n) is 3.75. The van der Waals surface area contributed by atoms with Gasteiger partial charge < -0.3 is 0 Å². The second-order valence-electron chi connectivity index (χ2n) is 5.71. The molecule has 1 aromatic carbocycles. The summed E-state index contributed by atoms with van der Waals surface area (Å²) in [6.07, 6.45) is 3.29. The standard InChI is InChI=1S/C16H15BrCl2N6O/c1-9-13(17)7-25(22-9)10(2)15(26)21-16-20-8-24(23-16)6-11-3-4-12(18)5-14(11)19/h3-5,7-8,10H,6H2,1-2H3,(H,21,23,26). The molecule has 0 aliphatic rings. The number of benzene rings is 1. The Morgan fingerprint density at radius 1 is 1.35 bits per heavy atom. The third-order valence-corrected chi connectivity index (χ3v) is 5.12. The monoisotopic (exact) mass is 456 g/mol. The number of rotatable bonds is 5. The summed E-state index contributed by atoms with van der Waals surface area (Å²) in [5, 5.41) is 12.3. The van der Waals surface area contributed by atoms with Gasteiger partial charge in [0.1, 0.15) is 12.4 Å². The predicted octanol–water partition coefficient (Wildman–Crippen LogP) is 4.10. The number of nitrogens with one attached hydrogen (secondary N) is 1. The van der Waals surface area contributed by atoms with E-state index in [9.17, 15) is 4.79 Å². The molecule has 0 spiro atoms. The number of hydrogen-bond acceptors (Lipinski definition) is 4. The molecular weight excluding hydrogens is 443 g/mol. The van der Waals surface area contributed by atoms with Gasteiger partial charge in [0.05, 0.1) is 16.7 Å². The van der Waals surface area contributed by atoms with E-state index in [-0.39, 0.29) is 11.9 Å². The second-order valence-corrected chi connectivity index (χ2v) is 7.41. The molecule has 1 unspecified atom stereocenters. The molecular formula is C16H15BrCl2N6O. The van der Waals surface area contributed by atoms with Crippen molar-refractivity contribution in [2.75, 3.05) is 5.32 Å². The van der Waals surface area contributed by atoms with E-state index >= 15 is 0 Å². The van der Waals surface area contributed by atoms with Crippen molar-refractivity contribution in [3.8, 4) is 0 Å². The van der Waals surface area contributed by atoms with Crippen LogP contribution in [0.15, 0.2) is 35.2 Å². The first kappa shape index (κ1) is 18.9. The summed E-state index contributed by atoms with van der Waals surface area (Å²) >= 11 is 15.4. The minimum atomic E-state index is -0.502. The first-order valence-corrected chi connectivity index (χ1v) is 9.24. The lowest BCUT2D eigenvalue weighted by atomic mass is 10.2. The van der Waals surface area contributed by atoms with Gasteiger partial charge in [0.15, 0.2) is 0 Å². The van der Waals surface area contributed by atoms with Crippen LogP contribution in [0.5, 0.6) is 0 Å². The summed E-state index contributed by atoms with van der Waals surface area (Å²) in [5.41, 5.74) is 1.66. The highest BCUT2D eigenvalue weighted by Gasteiger charge is 2.18. The van der Waals surface area contributed by atoms with Crippen molar-refractivity contribution in [3.63, 3.8) is 0 Å². The number of anilines is 1. The van der Waals surface area contributed by atoms with Crippen LogP contribution in [0.25, 0.3) is 0 Å². The van der Waals surface area contributed by atoms with Crippen molar-refractivity contribution in [1.82, 2.24) is 24.5 Å². The number of aromatic nitrogens is 5. The fourth-order valence-corrected chi connectivity index (χ4v) is 3.00. The number of carbonyl (C=O) groups is 1. The molecule has 3 rings (SSSR count). The smallest absolute Gasteiger partial charge is 0.251 e. The summed E-state index contributed by atoms with van der Waals surface area (Å²) in [7, 11) is 0. The van der Waals surface area contributed by atoms with Crippen LogP contribution in [0.3, 0.4) is 0 Å². The van der Waals surface area contributed by atoms with Crippen LogP contribution in [-0.2, 0) is 11.3 Å². The zero-order chi connectivity index (χ0) is 18.8. The van der Waals surface area contributed by atoms with Crippen molar-refractivity contribution in [2.45, 2.75) is 26.4 Å². The Bertz CT molecular complexity index is 935. The molecule has 2 aromatic heterocycles. The van der Waals surface area contributed by atoms with E-state index in [1.54, 1.807) is 34.6 Å². The molecule has 0 saturated heterocycles. The van der Waals surface area contributed by atoms with Gasteiger partial charge >= 0.3 is 0 Å². The Kier molecular flexibility index (Phi) is 5.64. The second kappa shape index (κ2) is 7.77. The Morgan fingerprint density at radius 2 is 2.12 bits per heavy atom. The zero-order valence-electron chi connectivity index (χ0n) is 13.9. The molecule has 10 heteroatoms. The average Bonchev–Trinajstić information content (AvgIpc) is 3.16. The van der Waals surface area contributed by atoms with E-state index < -0.39 is 6.04 Å². The molecule has 2 heterocycles. The molecule has 1 N–H and O–H groups in total. The molecule has 1 amide bonds. The first-order valence-electron chi connectivity index (χ1n) is 7.69. The number of nitrogens with zero attached hydrogens (tertiary/aromatic N) is 5. The van der Waals surface area contributed by atoms with Crippen LogP contribution in [0.1, 0.15) is 24.2 Å². The van der Waals surface area contributed by atoms with Crippen molar-refractivity contribution in [1.29, 1.82) is 0 Å². The van der Waals surface area contributed by atoms with Crippen LogP contribution in [0, 0.1) is 6.92 Å². The summed E-state index contributed by atoms with van der Waals surface area (Å²) in [4.78, 5) is 16.5. The Hall–Kier alpha value is -1.90. The number of amides is 1. The van der Waals surface area contributed by atoms with E-state index in [2.05, 4.69) is 36.4 Å². The van der Waals surface area contributed by atoms with Crippen molar-refractivity contribution < 1.29 is 4.79 Å². The molecule has 1 atom stereocenters. The normalized spacial score (nSPS) is 12.2. The zero-order valence-corrected chi connectivity index (χ0v) is 17.0. The van der Waals surface area contributed by atoms with Gasteiger partial charge in [-0.1, -0.05) is 29.3 Å². The SMILES string of the molecule is Cc1nn(C(C)C(=O)Nc2ncn(Cc3ccc(Cl)cc3Cl)n2)cc1Br. The lowest BCUT2D eigenvalue weighted by molar-refractivity contribution is -0.119. The third kappa shape index (κ3) is 4.25. The van der Waals surface area contributed by atoms with Crippen molar-refractivity contribution in [2.24, 2.45) is 0 Å². The van der Waals surface area contributed by atoms with Crippen LogP contribution in [0.2, 0.25) is 10.0 Å². The van der Waals surface area contributed by atoms with Gasteiger partial charge in [-0.2, -0.15) is 5.10 Å². The maximum atomic E-state index is 12.4. The van der Waals surface area contributed by atoms with Gasteiger partial charge in [-0.3, -0.25) is 14.8 Å². The highest BCUT2D eigenvalue weighted by Crippen LogP contribution is 2.22. The molecule has 7 nitrogen and oxygen atoms in total. The maximum absolute atomic E-state index is 12.4. The van der Waals surface area contributed by atoms with Crippen LogP contribution >= 0.6 is 39.1 Å². The summed E-state index contributed by atoms with van der Waals surface area (Å²) < 4.78 is 4.02. The van der Waals surface area contributed by atoms with E-state index in [0.717, 1.165) is 15.7 Å². The average molecular weight is 458 g/mol. The lowest BCUT2D eigenvalue weighted by Gasteiger charge is -2.10. The van der Waals surface area contributed by atoms with Crippen LogP contribution < -0.4 is 5.32 Å². The fraction of sp³-hybridized carbons (Fsp3) is 0.250. The molecule has 0 aliphatic carbocycles. The van der Waals surface area contributed by atoms with Gasteiger partial charge in [0.2, 0.25) is 5.95 Å². The Labute approximate surface area is 168 Å². The van der Waals surface area contributed by atoms with Gasteiger partial charge in [0.25, 0.3) is 5.91 Å². The van der Waals surface area contributed by atoms with E-state index in [0.29, 0.717) is 16.6 Å². The van der Waals surface area contributed by atoms with Gasteiger partial charge in [0, 0.05) is 16.2 Å². The quantitative estimate of drug-likeness (QED) is 0.625. The van der Waals surface area contributed by atoms with Crippen LogP contribution in [-0.4, -0.2) is 30.5 Å². The minimum Gasteiger partial charge on any atom is -0.291 e. The van der Waals surface area contributed by atoms with Gasteiger partial charge in [-0.25, -0.2) is 9.67 Å². The number of aryl methyl sites for hydroxylation is 1.